The Kier molecular flexibility index (Phi) is 6.73. The Balaban J connectivity index is 2.28. The van der Waals surface area contributed by atoms with E-state index >= 15 is 0 Å². The highest BCUT2D eigenvalue weighted by molar-refractivity contribution is 9.09. The number of carbonyl (C=O) groups excluding carboxylic acids is 1. The number of ether oxygens (including phenoxy) is 2. The van der Waals surface area contributed by atoms with Crippen molar-refractivity contribution in [3.05, 3.63) is 52.7 Å². The predicted octanol–water partition coefficient (Wildman–Crippen LogP) is 5.31. The van der Waals surface area contributed by atoms with Gasteiger partial charge in [-0.2, -0.15) is 0 Å². The Hall–Kier alpha value is -1.92. The molecule has 1 aliphatic heterocycles. The summed E-state index contributed by atoms with van der Waals surface area (Å²) in [5.41, 5.74) is 2.99. The number of benzene rings is 1. The Morgan fingerprint density at radius 1 is 1.29 bits per heavy atom. The molecule has 1 aliphatic rings. The van der Waals surface area contributed by atoms with Gasteiger partial charge in [0.25, 0.3) is 0 Å². The fraction of sp³-hybridized carbons (Fsp3) is 0.381. The van der Waals surface area contributed by atoms with E-state index in [4.69, 9.17) is 26.1 Å². The van der Waals surface area contributed by atoms with Gasteiger partial charge in [-0.05, 0) is 38.5 Å². The highest BCUT2D eigenvalue weighted by Crippen LogP contribution is 2.48. The first-order chi connectivity index (χ1) is 13.5. The third kappa shape index (κ3) is 4.08. The quantitative estimate of drug-likeness (QED) is 0.428. The summed E-state index contributed by atoms with van der Waals surface area (Å²) in [4.78, 5) is 22.1. The van der Waals surface area contributed by atoms with Crippen molar-refractivity contribution in [1.82, 2.24) is 4.98 Å². The van der Waals surface area contributed by atoms with Crippen molar-refractivity contribution in [3.63, 3.8) is 0 Å². The van der Waals surface area contributed by atoms with Crippen LogP contribution in [-0.2, 0) is 9.53 Å². The summed E-state index contributed by atoms with van der Waals surface area (Å²) in [6.45, 7) is 5.95. The van der Waals surface area contributed by atoms with Gasteiger partial charge in [0.15, 0.2) is 0 Å². The second kappa shape index (κ2) is 9.05. The van der Waals surface area contributed by atoms with Gasteiger partial charge in [0, 0.05) is 33.7 Å². The van der Waals surface area contributed by atoms with Crippen molar-refractivity contribution < 1.29 is 14.3 Å². The standard InChI is InChI=1S/C21H22BrClN2O3/c1-4-27-21(26)19-16(11-22)25-15-9-10-24-20(28-12(2)3)18(15)17(19)13-7-5-6-8-14(13)23/h5-10,12,17,19H,4,11H2,1-3H3. The Morgan fingerprint density at radius 3 is 2.68 bits per heavy atom. The van der Waals surface area contributed by atoms with Gasteiger partial charge in [0.1, 0.15) is 5.92 Å². The van der Waals surface area contributed by atoms with E-state index in [1.807, 2.05) is 44.2 Å². The number of rotatable bonds is 6. The summed E-state index contributed by atoms with van der Waals surface area (Å²) in [6.07, 6.45) is 1.59. The molecule has 148 valence electrons. The van der Waals surface area contributed by atoms with E-state index in [0.717, 1.165) is 16.8 Å². The average molecular weight is 466 g/mol. The molecule has 0 spiro atoms. The monoisotopic (exact) mass is 464 g/mol. The molecule has 0 amide bonds. The molecule has 0 saturated carbocycles. The molecular weight excluding hydrogens is 444 g/mol. The second-order valence-electron chi connectivity index (χ2n) is 6.68. The number of carbonyl (C=O) groups is 1. The molecule has 3 rings (SSSR count). The van der Waals surface area contributed by atoms with Gasteiger partial charge in [0.2, 0.25) is 5.88 Å². The van der Waals surface area contributed by atoms with Crippen LogP contribution in [0.4, 0.5) is 5.69 Å². The maximum Gasteiger partial charge on any atom is 0.315 e. The summed E-state index contributed by atoms with van der Waals surface area (Å²) in [5, 5.41) is 1.02. The molecule has 0 fully saturated rings. The van der Waals surface area contributed by atoms with Crippen LogP contribution in [0.5, 0.6) is 5.88 Å². The Morgan fingerprint density at radius 2 is 2.04 bits per heavy atom. The number of nitrogens with zero attached hydrogens (tertiary/aromatic N) is 2. The zero-order valence-electron chi connectivity index (χ0n) is 16.0. The van der Waals surface area contributed by atoms with Gasteiger partial charge in [-0.1, -0.05) is 45.7 Å². The number of halogens is 2. The molecule has 2 unspecified atom stereocenters. The molecule has 2 heterocycles. The first-order valence-electron chi connectivity index (χ1n) is 9.17. The third-order valence-electron chi connectivity index (χ3n) is 4.46. The van der Waals surface area contributed by atoms with Gasteiger partial charge in [-0.3, -0.25) is 9.79 Å². The van der Waals surface area contributed by atoms with E-state index in [1.54, 1.807) is 13.1 Å². The molecule has 1 aromatic heterocycles. The number of hydrogen-bond donors (Lipinski definition) is 0. The average Bonchev–Trinajstić information content (AvgIpc) is 2.67. The molecule has 0 N–H and O–H groups in total. The molecule has 0 radical (unpaired) electrons. The van der Waals surface area contributed by atoms with E-state index in [9.17, 15) is 4.79 Å². The minimum absolute atomic E-state index is 0.0755. The van der Waals surface area contributed by atoms with Gasteiger partial charge in [-0.25, -0.2) is 4.98 Å². The number of alkyl halides is 1. The lowest BCUT2D eigenvalue weighted by molar-refractivity contribution is -0.146. The van der Waals surface area contributed by atoms with Crippen LogP contribution in [0.2, 0.25) is 5.02 Å². The fourth-order valence-electron chi connectivity index (χ4n) is 3.41. The molecule has 0 saturated heterocycles. The molecule has 1 aromatic carbocycles. The highest BCUT2D eigenvalue weighted by Gasteiger charge is 2.42. The SMILES string of the molecule is CCOC(=O)C1C(CBr)=Nc2ccnc(OC(C)C)c2C1c1ccccc1Cl. The maximum atomic E-state index is 13.0. The topological polar surface area (TPSA) is 60.8 Å². The number of hydrogen-bond acceptors (Lipinski definition) is 5. The number of aromatic nitrogens is 1. The fourth-order valence-corrected chi connectivity index (χ4v) is 4.14. The summed E-state index contributed by atoms with van der Waals surface area (Å²) in [5.74, 6) is -0.902. The van der Waals surface area contributed by atoms with Crippen LogP contribution in [-0.4, -0.2) is 34.7 Å². The summed E-state index contributed by atoms with van der Waals surface area (Å²) >= 11 is 10.0. The van der Waals surface area contributed by atoms with Crippen molar-refractivity contribution >= 4 is 44.9 Å². The van der Waals surface area contributed by atoms with Gasteiger partial charge >= 0.3 is 5.97 Å². The molecule has 2 atom stereocenters. The van der Waals surface area contributed by atoms with Crippen LogP contribution >= 0.6 is 27.5 Å². The minimum Gasteiger partial charge on any atom is -0.475 e. The van der Waals surface area contributed by atoms with Crippen LogP contribution in [0.15, 0.2) is 41.5 Å². The Labute approximate surface area is 178 Å². The van der Waals surface area contributed by atoms with E-state index in [2.05, 4.69) is 20.9 Å². The van der Waals surface area contributed by atoms with Crippen LogP contribution in [0.1, 0.15) is 37.8 Å². The van der Waals surface area contributed by atoms with Crippen molar-refractivity contribution in [2.45, 2.75) is 32.8 Å². The zero-order chi connectivity index (χ0) is 20.3. The lowest BCUT2D eigenvalue weighted by Crippen LogP contribution is -2.36. The first-order valence-corrected chi connectivity index (χ1v) is 10.7. The van der Waals surface area contributed by atoms with E-state index in [0.29, 0.717) is 21.9 Å². The first kappa shape index (κ1) is 20.8. The minimum atomic E-state index is -0.620. The molecule has 2 aromatic rings. The molecule has 0 bridgehead atoms. The largest absolute Gasteiger partial charge is 0.475 e. The zero-order valence-corrected chi connectivity index (χ0v) is 18.3. The van der Waals surface area contributed by atoms with Crippen molar-refractivity contribution in [1.29, 1.82) is 0 Å². The van der Waals surface area contributed by atoms with E-state index in [-0.39, 0.29) is 18.7 Å². The van der Waals surface area contributed by atoms with Crippen LogP contribution in [0.3, 0.4) is 0 Å². The molecule has 28 heavy (non-hydrogen) atoms. The van der Waals surface area contributed by atoms with E-state index < -0.39 is 11.8 Å². The molecule has 5 nitrogen and oxygen atoms in total. The van der Waals surface area contributed by atoms with Crippen LogP contribution in [0.25, 0.3) is 0 Å². The summed E-state index contributed by atoms with van der Waals surface area (Å²) in [6, 6.07) is 9.34. The number of pyridine rings is 1. The number of aliphatic imine (C=N–C) groups is 1. The maximum absolute atomic E-state index is 13.0. The smallest absolute Gasteiger partial charge is 0.315 e. The normalized spacial score (nSPS) is 18.4. The van der Waals surface area contributed by atoms with Crippen molar-refractivity contribution in [3.8, 4) is 5.88 Å². The second-order valence-corrected chi connectivity index (χ2v) is 7.65. The Bertz CT molecular complexity index is 901. The number of esters is 1. The van der Waals surface area contributed by atoms with Crippen LogP contribution in [0, 0.1) is 5.92 Å². The lowest BCUT2D eigenvalue weighted by atomic mass is 9.76. The highest BCUT2D eigenvalue weighted by atomic mass is 79.9. The van der Waals surface area contributed by atoms with Gasteiger partial charge in [-0.15, -0.1) is 0 Å². The number of fused-ring (bicyclic) bond motifs is 1. The van der Waals surface area contributed by atoms with Crippen LogP contribution < -0.4 is 4.74 Å². The summed E-state index contributed by atoms with van der Waals surface area (Å²) < 4.78 is 11.4. The molecule has 0 aliphatic carbocycles. The van der Waals surface area contributed by atoms with E-state index in [1.165, 1.54) is 0 Å². The molecular formula is C21H22BrClN2O3. The van der Waals surface area contributed by atoms with Gasteiger partial charge in [0.05, 0.1) is 18.4 Å². The van der Waals surface area contributed by atoms with Gasteiger partial charge < -0.3 is 9.47 Å². The van der Waals surface area contributed by atoms with Crippen molar-refractivity contribution in [2.24, 2.45) is 10.9 Å². The molecule has 7 heteroatoms. The predicted molar refractivity (Wildman–Crippen MR) is 114 cm³/mol. The lowest BCUT2D eigenvalue weighted by Gasteiger charge is -2.33. The van der Waals surface area contributed by atoms with Crippen molar-refractivity contribution in [2.75, 3.05) is 11.9 Å². The third-order valence-corrected chi connectivity index (χ3v) is 5.38. The summed E-state index contributed by atoms with van der Waals surface area (Å²) in [7, 11) is 0.